The average Bonchev–Trinajstić information content (AvgIpc) is 3.32. The van der Waals surface area contributed by atoms with E-state index in [0.29, 0.717) is 6.29 Å². The fourth-order valence-electron chi connectivity index (χ4n) is 3.05. The van der Waals surface area contributed by atoms with Gasteiger partial charge in [-0.15, -0.1) is 0 Å². The lowest BCUT2D eigenvalue weighted by atomic mass is 10.1. The van der Waals surface area contributed by atoms with E-state index in [4.69, 9.17) is 35.6 Å². The molecule has 0 amide bonds. The number of phosphoric ester groups is 1. The number of nitrogens with two attached hydrogens (primary N) is 1. The SMILES string of the molecule is C[C@H](O)[C@@H](O)C[C@H](O)C=O.Nc1nc2c(ncn2[C@@H]2O[C@H](COP(=O)(O)OP(=O)(O)O)[C@@H](O)[C@H]2O)c(=O)[nH]1. The molecule has 38 heavy (non-hydrogen) atoms. The van der Waals surface area contributed by atoms with Crippen molar-refractivity contribution in [2.75, 3.05) is 12.3 Å². The molecular weight excluding hydrogens is 564 g/mol. The van der Waals surface area contributed by atoms with E-state index >= 15 is 0 Å². The molecule has 1 saturated heterocycles. The summed E-state index contributed by atoms with van der Waals surface area (Å²) in [5.74, 6) is -0.233. The quantitative estimate of drug-likeness (QED) is 0.0935. The molecule has 216 valence electrons. The van der Waals surface area contributed by atoms with Crippen LogP contribution in [0.2, 0.25) is 0 Å². The summed E-state index contributed by atoms with van der Waals surface area (Å²) >= 11 is 0. The third-order valence-corrected chi connectivity index (χ3v) is 7.02. The monoisotopic (exact) mass is 591 g/mol. The highest BCUT2D eigenvalue weighted by Crippen LogP contribution is 2.57. The maximum Gasteiger partial charge on any atom is 0.481 e. The van der Waals surface area contributed by atoms with Gasteiger partial charge in [0.25, 0.3) is 5.56 Å². The number of ether oxygens (including phenoxy) is 1. The number of fused-ring (bicyclic) bond motifs is 1. The van der Waals surface area contributed by atoms with Crippen molar-refractivity contribution < 1.29 is 67.7 Å². The lowest BCUT2D eigenvalue weighted by Crippen LogP contribution is -2.33. The summed E-state index contributed by atoms with van der Waals surface area (Å²) in [6.07, 6.45) is -7.78. The molecule has 0 aliphatic carbocycles. The highest BCUT2D eigenvalue weighted by atomic mass is 31.3. The Balaban J connectivity index is 0.000000432. The number of hydrogen-bond acceptors (Lipinski definition) is 15. The van der Waals surface area contributed by atoms with Gasteiger partial charge in [0.15, 0.2) is 17.4 Å². The number of nitrogen functional groups attached to an aromatic ring is 1. The van der Waals surface area contributed by atoms with Gasteiger partial charge in [0.1, 0.15) is 30.7 Å². The normalized spacial score (nSPS) is 25.7. The van der Waals surface area contributed by atoms with E-state index in [-0.39, 0.29) is 23.5 Å². The van der Waals surface area contributed by atoms with E-state index in [1.165, 1.54) is 6.92 Å². The Labute approximate surface area is 212 Å². The van der Waals surface area contributed by atoms with E-state index in [2.05, 4.69) is 23.8 Å². The van der Waals surface area contributed by atoms with Crippen LogP contribution in [0.15, 0.2) is 11.1 Å². The number of phosphoric acid groups is 2. The number of aldehydes is 1. The second-order valence-electron chi connectivity index (χ2n) is 7.91. The second kappa shape index (κ2) is 12.8. The Bertz CT molecular complexity index is 1250. The molecule has 1 aliphatic heterocycles. The Morgan fingerprint density at radius 3 is 2.42 bits per heavy atom. The van der Waals surface area contributed by atoms with Gasteiger partial charge < -0.3 is 55.5 Å². The van der Waals surface area contributed by atoms with Gasteiger partial charge >= 0.3 is 15.6 Å². The molecule has 1 fully saturated rings. The van der Waals surface area contributed by atoms with Gasteiger partial charge in [-0.1, -0.05) is 0 Å². The van der Waals surface area contributed by atoms with Crippen LogP contribution in [0.5, 0.6) is 0 Å². The molecular formula is C16H27N5O15P2. The molecule has 0 bridgehead atoms. The van der Waals surface area contributed by atoms with Crippen LogP contribution in [-0.4, -0.2) is 109 Å². The second-order valence-corrected chi connectivity index (χ2v) is 10.7. The van der Waals surface area contributed by atoms with E-state index in [9.17, 15) is 33.8 Å². The van der Waals surface area contributed by atoms with Crippen molar-refractivity contribution in [2.24, 2.45) is 0 Å². The van der Waals surface area contributed by atoms with E-state index < -0.39 is 70.7 Å². The minimum Gasteiger partial charge on any atom is -0.391 e. The van der Waals surface area contributed by atoms with Crippen molar-refractivity contribution in [3.05, 3.63) is 16.7 Å². The van der Waals surface area contributed by atoms with Crippen molar-refractivity contribution in [1.29, 1.82) is 0 Å². The molecule has 1 aliphatic rings. The van der Waals surface area contributed by atoms with Crippen LogP contribution in [0.4, 0.5) is 5.95 Å². The van der Waals surface area contributed by atoms with Crippen molar-refractivity contribution in [2.45, 2.75) is 56.2 Å². The molecule has 3 heterocycles. The van der Waals surface area contributed by atoms with E-state index in [1.807, 2.05) is 0 Å². The van der Waals surface area contributed by atoms with Crippen LogP contribution in [0.1, 0.15) is 19.6 Å². The Morgan fingerprint density at radius 1 is 1.24 bits per heavy atom. The first-order chi connectivity index (χ1) is 17.5. The van der Waals surface area contributed by atoms with Crippen molar-refractivity contribution >= 4 is 39.0 Å². The zero-order valence-electron chi connectivity index (χ0n) is 19.4. The number of nitrogens with one attached hydrogen (secondary N) is 1. The molecule has 0 saturated carbocycles. The molecule has 2 aromatic heterocycles. The number of hydrogen-bond donors (Lipinski definition) is 10. The number of aliphatic hydroxyl groups excluding tert-OH is 5. The molecule has 11 N–H and O–H groups in total. The van der Waals surface area contributed by atoms with Crippen molar-refractivity contribution in [3.63, 3.8) is 0 Å². The van der Waals surface area contributed by atoms with Crippen LogP contribution in [0.25, 0.3) is 11.2 Å². The smallest absolute Gasteiger partial charge is 0.391 e. The highest BCUT2D eigenvalue weighted by Gasteiger charge is 2.46. The fraction of sp³-hybridized carbons (Fsp3) is 0.625. The number of imidazole rings is 1. The first kappa shape index (κ1) is 32.1. The van der Waals surface area contributed by atoms with E-state index in [1.54, 1.807) is 0 Å². The maximum absolute atomic E-state index is 11.8. The summed E-state index contributed by atoms with van der Waals surface area (Å²) < 4.78 is 36.6. The zero-order valence-corrected chi connectivity index (χ0v) is 21.1. The lowest BCUT2D eigenvalue weighted by Gasteiger charge is -2.17. The number of nitrogens with zero attached hydrogens (tertiary/aromatic N) is 3. The minimum absolute atomic E-state index is 0.0586. The average molecular weight is 591 g/mol. The molecule has 3 rings (SSSR count). The predicted octanol–water partition coefficient (Wildman–Crippen LogP) is -3.77. The minimum atomic E-state index is -5.32. The van der Waals surface area contributed by atoms with Crippen LogP contribution < -0.4 is 11.3 Å². The number of aromatic nitrogens is 4. The predicted molar refractivity (Wildman–Crippen MR) is 122 cm³/mol. The molecule has 20 nitrogen and oxygen atoms in total. The highest BCUT2D eigenvalue weighted by molar-refractivity contribution is 7.60. The van der Waals surface area contributed by atoms with Crippen LogP contribution in [0, 0.1) is 0 Å². The molecule has 8 atom stereocenters. The topological polar surface area (TPSA) is 330 Å². The first-order valence-corrected chi connectivity index (χ1v) is 13.5. The molecule has 2 aromatic rings. The number of H-pyrrole nitrogens is 1. The van der Waals surface area contributed by atoms with Gasteiger partial charge in [-0.25, -0.2) is 14.1 Å². The molecule has 22 heteroatoms. The molecule has 1 unspecified atom stereocenters. The number of rotatable bonds is 10. The van der Waals surface area contributed by atoms with Crippen molar-refractivity contribution in [1.82, 2.24) is 19.5 Å². The third kappa shape index (κ3) is 8.68. The molecule has 0 radical (unpaired) electrons. The van der Waals surface area contributed by atoms with Gasteiger partial charge in [0.2, 0.25) is 5.95 Å². The van der Waals surface area contributed by atoms with Gasteiger partial charge in [-0.3, -0.25) is 18.9 Å². The fourth-order valence-corrected chi connectivity index (χ4v) is 4.65. The van der Waals surface area contributed by atoms with Crippen molar-refractivity contribution in [3.8, 4) is 0 Å². The largest absolute Gasteiger partial charge is 0.481 e. The Hall–Kier alpha value is -2.16. The Kier molecular flexibility index (Phi) is 10.8. The molecule has 0 spiro atoms. The zero-order chi connectivity index (χ0) is 29.0. The number of carbonyl (C=O) groups excluding carboxylic acids is 1. The van der Waals surface area contributed by atoms with Crippen LogP contribution in [0.3, 0.4) is 0 Å². The Morgan fingerprint density at radius 2 is 1.87 bits per heavy atom. The summed E-state index contributed by atoms with van der Waals surface area (Å²) in [6, 6.07) is 0. The molecule has 0 aromatic carbocycles. The lowest BCUT2D eigenvalue weighted by molar-refractivity contribution is -0.117. The summed E-state index contributed by atoms with van der Waals surface area (Å²) in [5.41, 5.74) is 4.65. The summed E-state index contributed by atoms with van der Waals surface area (Å²) in [4.78, 5) is 57.9. The van der Waals surface area contributed by atoms with Gasteiger partial charge in [-0.2, -0.15) is 9.29 Å². The number of anilines is 1. The standard InChI is InChI=1S/C10H15N5O11P2.C6H12O4/c11-10-13-7-4(8(18)14-10)12-2-15(7)9-6(17)5(16)3(25-9)1-24-28(22,23)26-27(19,20)21;1-4(8)6(10)2-5(9)3-7/h2-3,5-6,9,16-17H,1H2,(H,22,23)(H2,19,20,21)(H3,11,13,14,18);3-6,8-10H,2H2,1H3/t3-,5-,6-,9-;4-,5-,6-/m10/s1. The van der Waals surface area contributed by atoms with Gasteiger partial charge in [0.05, 0.1) is 25.1 Å². The number of aromatic amines is 1. The number of aliphatic hydroxyl groups is 5. The van der Waals surface area contributed by atoms with Gasteiger partial charge in [0, 0.05) is 6.42 Å². The third-order valence-electron chi connectivity index (χ3n) is 4.87. The van der Waals surface area contributed by atoms with Gasteiger partial charge in [-0.05, 0) is 6.92 Å². The maximum atomic E-state index is 11.8. The first-order valence-electron chi connectivity index (χ1n) is 10.4. The van der Waals surface area contributed by atoms with E-state index in [0.717, 1.165) is 10.9 Å². The summed E-state index contributed by atoms with van der Waals surface area (Å²) in [7, 11) is -10.5. The number of carbonyl (C=O) groups is 1. The summed E-state index contributed by atoms with van der Waals surface area (Å²) in [5, 5.41) is 46.5. The van der Waals surface area contributed by atoms with Crippen LogP contribution in [-0.2, 0) is 27.5 Å². The van der Waals surface area contributed by atoms with Crippen LogP contribution >= 0.6 is 15.6 Å². The summed E-state index contributed by atoms with van der Waals surface area (Å²) in [6.45, 7) is 0.521.